The van der Waals surface area contributed by atoms with Crippen LogP contribution in [0.4, 0.5) is 0 Å². The molecule has 62 valence electrons. The van der Waals surface area contributed by atoms with Crippen LogP contribution >= 0.6 is 11.3 Å². The van der Waals surface area contributed by atoms with Crippen LogP contribution in [0.15, 0.2) is 0 Å². The van der Waals surface area contributed by atoms with E-state index >= 15 is 0 Å². The van der Waals surface area contributed by atoms with Gasteiger partial charge in [-0.3, -0.25) is 4.79 Å². The van der Waals surface area contributed by atoms with Crippen LogP contribution in [-0.2, 0) is 11.2 Å². The fourth-order valence-electron chi connectivity index (χ4n) is 0.744. The second kappa shape index (κ2) is 4.66. The van der Waals surface area contributed by atoms with Gasteiger partial charge in [0.25, 0.3) is 0 Å². The van der Waals surface area contributed by atoms with Crippen LogP contribution in [0.3, 0.4) is 0 Å². The number of hydrogen-bond donors (Lipinski definition) is 1. The number of hydrogen-bond acceptors (Lipinski definition) is 3. The molecule has 3 nitrogen and oxygen atoms in total. The van der Waals surface area contributed by atoms with Crippen LogP contribution in [-0.4, -0.2) is 34.9 Å². The Bertz CT molecular complexity index is 265. The Morgan fingerprint density at radius 1 is 1.58 bits per heavy atom. The minimum atomic E-state index is -0.821. The molecular weight excluding hydrogens is 169 g/mol. The van der Waals surface area contributed by atoms with Gasteiger partial charge in [-0.15, -0.1) is 11.3 Å². The third-order valence-corrected chi connectivity index (χ3v) is 2.45. The van der Waals surface area contributed by atoms with Crippen LogP contribution in [0.25, 0.3) is 0 Å². The molecule has 5 heteroatoms. The molecule has 0 atom stereocenters. The monoisotopic (exact) mass is 179 g/mol. The molecule has 0 aromatic carbocycles. The van der Waals surface area contributed by atoms with Crippen molar-refractivity contribution in [2.24, 2.45) is 0 Å². The van der Waals surface area contributed by atoms with Crippen molar-refractivity contribution in [3.63, 3.8) is 0 Å². The molecule has 0 aliphatic rings. The Morgan fingerprint density at radius 3 is 2.50 bits per heavy atom. The van der Waals surface area contributed by atoms with Gasteiger partial charge in [0.1, 0.15) is 5.01 Å². The van der Waals surface area contributed by atoms with Gasteiger partial charge >= 0.3 is 24.8 Å². The van der Waals surface area contributed by atoms with Gasteiger partial charge < -0.3 is 5.11 Å². The second-order valence-corrected chi connectivity index (χ2v) is 3.61. The number of aryl methyl sites for hydroxylation is 2. The van der Waals surface area contributed by atoms with Crippen LogP contribution < -0.4 is 0 Å². The summed E-state index contributed by atoms with van der Waals surface area (Å²) < 4.78 is 0. The molecule has 0 saturated heterocycles. The summed E-state index contributed by atoms with van der Waals surface area (Å²) >= 11 is 1.45. The van der Waals surface area contributed by atoms with Crippen LogP contribution in [0.2, 0.25) is 0 Å². The molecule has 0 aliphatic heterocycles. The van der Waals surface area contributed by atoms with Crippen molar-refractivity contribution in [1.29, 1.82) is 0 Å². The Labute approximate surface area is 87.0 Å². The van der Waals surface area contributed by atoms with E-state index in [2.05, 4.69) is 4.98 Å². The zero-order valence-electron chi connectivity index (χ0n) is 6.42. The third kappa shape index (κ3) is 2.98. The average Bonchev–Trinajstić information content (AvgIpc) is 2.10. The second-order valence-electron chi connectivity index (χ2n) is 2.32. The molecule has 0 fully saturated rings. The van der Waals surface area contributed by atoms with Crippen molar-refractivity contribution in [3.8, 4) is 0 Å². The maximum absolute atomic E-state index is 10.3. The first kappa shape index (κ1) is 11.7. The molecule has 1 rings (SSSR count). The SMILES string of the molecule is Cc1nc(CC(=O)O)sc1C.[LiH]. The van der Waals surface area contributed by atoms with Crippen molar-refractivity contribution >= 4 is 36.2 Å². The number of carboxylic acids is 1. The molecule has 0 saturated carbocycles. The standard InChI is InChI=1S/C7H9NO2S.Li.H/c1-4-5(2)11-6(8-4)3-7(9)10;;/h3H2,1-2H3,(H,9,10);;. The summed E-state index contributed by atoms with van der Waals surface area (Å²) in [6, 6.07) is 0. The number of carbonyl (C=O) groups is 1. The zero-order chi connectivity index (χ0) is 8.43. The Morgan fingerprint density at radius 2 is 2.17 bits per heavy atom. The predicted molar refractivity (Wildman–Crippen MR) is 50.1 cm³/mol. The van der Waals surface area contributed by atoms with E-state index < -0.39 is 5.97 Å². The molecule has 0 unspecified atom stereocenters. The Kier molecular flexibility index (Phi) is 4.54. The summed E-state index contributed by atoms with van der Waals surface area (Å²) in [6.07, 6.45) is 0.0410. The Balaban J connectivity index is 0.00000121. The molecule has 1 aromatic heterocycles. The zero-order valence-corrected chi connectivity index (χ0v) is 7.23. The maximum atomic E-state index is 10.3. The van der Waals surface area contributed by atoms with E-state index in [0.29, 0.717) is 5.01 Å². The molecule has 0 aliphatic carbocycles. The number of nitrogens with zero attached hydrogens (tertiary/aromatic N) is 1. The summed E-state index contributed by atoms with van der Waals surface area (Å²) in [7, 11) is 0. The van der Waals surface area contributed by atoms with Gasteiger partial charge in [0.2, 0.25) is 0 Å². The van der Waals surface area contributed by atoms with E-state index in [0.717, 1.165) is 10.6 Å². The number of thiazole rings is 1. The first-order valence-electron chi connectivity index (χ1n) is 3.24. The molecule has 1 heterocycles. The van der Waals surface area contributed by atoms with Crippen molar-refractivity contribution in [2.45, 2.75) is 20.3 Å². The molecule has 0 bridgehead atoms. The quantitative estimate of drug-likeness (QED) is 0.681. The average molecular weight is 179 g/mol. The first-order valence-corrected chi connectivity index (χ1v) is 4.06. The van der Waals surface area contributed by atoms with E-state index in [4.69, 9.17) is 5.11 Å². The van der Waals surface area contributed by atoms with Crippen molar-refractivity contribution in [3.05, 3.63) is 15.6 Å². The van der Waals surface area contributed by atoms with Crippen LogP contribution in [0, 0.1) is 13.8 Å². The summed E-state index contributed by atoms with van der Waals surface area (Å²) in [5, 5.41) is 9.12. The number of aromatic nitrogens is 1. The fraction of sp³-hybridized carbons (Fsp3) is 0.429. The van der Waals surface area contributed by atoms with Gasteiger partial charge in [0.15, 0.2) is 0 Å². The van der Waals surface area contributed by atoms with Crippen LogP contribution in [0.5, 0.6) is 0 Å². The van der Waals surface area contributed by atoms with Gasteiger partial charge in [0.05, 0.1) is 12.1 Å². The van der Waals surface area contributed by atoms with E-state index in [-0.39, 0.29) is 25.3 Å². The van der Waals surface area contributed by atoms with Crippen molar-refractivity contribution < 1.29 is 9.90 Å². The van der Waals surface area contributed by atoms with Gasteiger partial charge in [-0.25, -0.2) is 4.98 Å². The topological polar surface area (TPSA) is 50.2 Å². The van der Waals surface area contributed by atoms with E-state index in [1.807, 2.05) is 13.8 Å². The summed E-state index contributed by atoms with van der Waals surface area (Å²) in [5.41, 5.74) is 0.936. The normalized spacial score (nSPS) is 9.17. The van der Waals surface area contributed by atoms with E-state index in [9.17, 15) is 4.79 Å². The van der Waals surface area contributed by atoms with Crippen molar-refractivity contribution in [1.82, 2.24) is 4.98 Å². The molecule has 12 heavy (non-hydrogen) atoms. The molecule has 1 N–H and O–H groups in total. The van der Waals surface area contributed by atoms with Gasteiger partial charge in [0, 0.05) is 4.88 Å². The molecular formula is C7H10LiNO2S. The van der Waals surface area contributed by atoms with Gasteiger partial charge in [-0.2, -0.15) is 0 Å². The molecule has 0 radical (unpaired) electrons. The minimum absolute atomic E-state index is 0. The van der Waals surface area contributed by atoms with Gasteiger partial charge in [-0.05, 0) is 13.8 Å². The molecule has 1 aromatic rings. The molecule has 0 spiro atoms. The van der Waals surface area contributed by atoms with E-state index in [1.165, 1.54) is 11.3 Å². The first-order chi connectivity index (χ1) is 5.09. The summed E-state index contributed by atoms with van der Waals surface area (Å²) in [4.78, 5) is 15.4. The number of rotatable bonds is 2. The number of aliphatic carboxylic acids is 1. The molecule has 0 amide bonds. The van der Waals surface area contributed by atoms with Crippen LogP contribution in [0.1, 0.15) is 15.6 Å². The van der Waals surface area contributed by atoms with Gasteiger partial charge in [-0.1, -0.05) is 0 Å². The fourth-order valence-corrected chi connectivity index (χ4v) is 1.67. The summed E-state index contributed by atoms with van der Waals surface area (Å²) in [5.74, 6) is -0.821. The summed E-state index contributed by atoms with van der Waals surface area (Å²) in [6.45, 7) is 3.83. The van der Waals surface area contributed by atoms with Crippen molar-refractivity contribution in [2.75, 3.05) is 0 Å². The predicted octanol–water partition coefficient (Wildman–Crippen LogP) is 0.739. The van der Waals surface area contributed by atoms with E-state index in [1.54, 1.807) is 0 Å². The third-order valence-electron chi connectivity index (χ3n) is 1.38. The number of carboxylic acid groups (broad SMARTS) is 1. The Hall–Kier alpha value is -0.303.